The predicted molar refractivity (Wildman–Crippen MR) is 80.9 cm³/mol. The van der Waals surface area contributed by atoms with Gasteiger partial charge in [0.05, 0.1) is 4.92 Å². The van der Waals surface area contributed by atoms with E-state index in [1.807, 2.05) is 28.8 Å². The molecule has 0 amide bonds. The number of rotatable bonds is 3. The molecule has 0 radical (unpaired) electrons. The predicted octanol–water partition coefficient (Wildman–Crippen LogP) is 4.38. The number of aromatic nitrogens is 1. The summed E-state index contributed by atoms with van der Waals surface area (Å²) in [7, 11) is 0. The van der Waals surface area contributed by atoms with Crippen molar-refractivity contribution in [1.82, 2.24) is 4.57 Å². The summed E-state index contributed by atoms with van der Waals surface area (Å²) in [5, 5.41) is 11.3. The quantitative estimate of drug-likeness (QED) is 0.615. The summed E-state index contributed by atoms with van der Waals surface area (Å²) < 4.78 is 1.99. The molecule has 0 aliphatic carbocycles. The molecule has 0 aliphatic heterocycles. The fourth-order valence-corrected chi connectivity index (χ4v) is 2.46. The van der Waals surface area contributed by atoms with E-state index in [-0.39, 0.29) is 16.1 Å². The largest absolute Gasteiger partial charge is 0.336 e. The third-order valence-corrected chi connectivity index (χ3v) is 3.44. The first kappa shape index (κ1) is 14.3. The maximum absolute atomic E-state index is 11.3. The van der Waals surface area contributed by atoms with E-state index in [1.165, 1.54) is 0 Å². The minimum absolute atomic E-state index is 0.167. The van der Waals surface area contributed by atoms with Crippen LogP contribution in [0.5, 0.6) is 0 Å². The molecule has 2 aromatic rings. The zero-order chi connectivity index (χ0) is 14.9. The number of nitrogens with zero attached hydrogens (tertiary/aromatic N) is 2. The van der Waals surface area contributed by atoms with Gasteiger partial charge in [0.15, 0.2) is 0 Å². The first-order valence-electron chi connectivity index (χ1n) is 6.80. The van der Waals surface area contributed by atoms with Gasteiger partial charge in [-0.2, -0.15) is 0 Å². The van der Waals surface area contributed by atoms with Gasteiger partial charge in [0, 0.05) is 23.4 Å². The van der Waals surface area contributed by atoms with Crippen LogP contribution in [0.3, 0.4) is 0 Å². The lowest BCUT2D eigenvalue weighted by atomic mass is 10.00. The molecule has 1 aromatic heterocycles. The zero-order valence-corrected chi connectivity index (χ0v) is 12.4. The van der Waals surface area contributed by atoms with Crippen molar-refractivity contribution in [1.29, 1.82) is 0 Å². The monoisotopic (exact) mass is 272 g/mol. The maximum atomic E-state index is 11.3. The van der Waals surface area contributed by atoms with Crippen molar-refractivity contribution in [3.8, 4) is 11.3 Å². The average Bonchev–Trinajstić information content (AvgIpc) is 2.83. The molecule has 2 rings (SSSR count). The Bertz CT molecular complexity index is 636. The van der Waals surface area contributed by atoms with Crippen LogP contribution >= 0.6 is 0 Å². The van der Waals surface area contributed by atoms with E-state index in [2.05, 4.69) is 27.7 Å². The summed E-state index contributed by atoms with van der Waals surface area (Å²) in [6.45, 7) is 8.22. The molecular formula is C16H20N2O2. The number of nitro groups is 1. The number of hydrogen-bond acceptors (Lipinski definition) is 2. The Morgan fingerprint density at radius 1 is 1.20 bits per heavy atom. The van der Waals surface area contributed by atoms with Crippen LogP contribution < -0.4 is 0 Å². The van der Waals surface area contributed by atoms with E-state index >= 15 is 0 Å². The molecule has 0 unspecified atom stereocenters. The van der Waals surface area contributed by atoms with E-state index in [0.717, 1.165) is 17.5 Å². The summed E-state index contributed by atoms with van der Waals surface area (Å²) in [4.78, 5) is 11.0. The second-order valence-electron chi connectivity index (χ2n) is 5.86. The van der Waals surface area contributed by atoms with Crippen LogP contribution in [0.15, 0.2) is 36.5 Å². The molecule has 0 fully saturated rings. The molecule has 0 saturated heterocycles. The van der Waals surface area contributed by atoms with Gasteiger partial charge < -0.3 is 4.57 Å². The first-order chi connectivity index (χ1) is 9.36. The Kier molecular flexibility index (Phi) is 3.66. The Balaban J connectivity index is 2.77. The minimum Gasteiger partial charge on any atom is -0.336 e. The lowest BCUT2D eigenvalue weighted by Crippen LogP contribution is -2.22. The van der Waals surface area contributed by atoms with Crippen LogP contribution in [-0.2, 0) is 12.0 Å². The van der Waals surface area contributed by atoms with Crippen LogP contribution in [0.2, 0.25) is 0 Å². The van der Waals surface area contributed by atoms with Crippen LogP contribution in [0.1, 0.15) is 33.3 Å². The van der Waals surface area contributed by atoms with Crippen molar-refractivity contribution in [3.63, 3.8) is 0 Å². The summed E-state index contributed by atoms with van der Waals surface area (Å²) in [6.07, 6.45) is 2.66. The van der Waals surface area contributed by atoms with Gasteiger partial charge >= 0.3 is 0 Å². The number of hydrogen-bond donors (Lipinski definition) is 0. The molecule has 0 atom stereocenters. The van der Waals surface area contributed by atoms with Crippen molar-refractivity contribution in [2.45, 2.75) is 39.7 Å². The van der Waals surface area contributed by atoms with Crippen molar-refractivity contribution in [2.75, 3.05) is 0 Å². The second-order valence-corrected chi connectivity index (χ2v) is 5.86. The van der Waals surface area contributed by atoms with E-state index in [9.17, 15) is 10.1 Å². The fourth-order valence-electron chi connectivity index (χ4n) is 2.46. The molecule has 106 valence electrons. The third kappa shape index (κ3) is 2.46. The third-order valence-electron chi connectivity index (χ3n) is 3.44. The first-order valence-corrected chi connectivity index (χ1v) is 6.80. The highest BCUT2D eigenvalue weighted by Gasteiger charge is 2.27. The van der Waals surface area contributed by atoms with Gasteiger partial charge in [0.2, 0.25) is 0 Å². The normalized spacial score (nSPS) is 11.6. The Morgan fingerprint density at radius 2 is 1.85 bits per heavy atom. The lowest BCUT2D eigenvalue weighted by molar-refractivity contribution is -0.384. The van der Waals surface area contributed by atoms with Gasteiger partial charge in [-0.15, -0.1) is 0 Å². The molecule has 0 bridgehead atoms. The van der Waals surface area contributed by atoms with Crippen molar-refractivity contribution in [3.05, 3.63) is 52.2 Å². The molecule has 0 spiro atoms. The highest BCUT2D eigenvalue weighted by atomic mass is 16.6. The van der Waals surface area contributed by atoms with E-state index in [1.54, 1.807) is 12.3 Å². The van der Waals surface area contributed by atoms with Crippen molar-refractivity contribution < 1.29 is 4.92 Å². The van der Waals surface area contributed by atoms with Gasteiger partial charge in [-0.05, 0) is 32.8 Å². The Labute approximate surface area is 119 Å². The second kappa shape index (κ2) is 5.12. The standard InChI is InChI=1S/C16H20N2O2/c1-5-12-8-6-7-9-13(12)15-14(18(19)20)10-11-17(15)16(2,3)4/h6-11H,5H2,1-4H3. The molecule has 20 heavy (non-hydrogen) atoms. The van der Waals surface area contributed by atoms with Gasteiger partial charge in [-0.3, -0.25) is 10.1 Å². The smallest absolute Gasteiger partial charge is 0.294 e. The zero-order valence-electron chi connectivity index (χ0n) is 12.4. The molecule has 1 heterocycles. The van der Waals surface area contributed by atoms with Gasteiger partial charge in [-0.1, -0.05) is 31.2 Å². The van der Waals surface area contributed by atoms with Crippen molar-refractivity contribution >= 4 is 5.69 Å². The van der Waals surface area contributed by atoms with E-state index in [0.29, 0.717) is 5.69 Å². The molecule has 0 saturated carbocycles. The molecule has 0 N–H and O–H groups in total. The summed E-state index contributed by atoms with van der Waals surface area (Å²) in [5.74, 6) is 0. The fraction of sp³-hybridized carbons (Fsp3) is 0.375. The van der Waals surface area contributed by atoms with Gasteiger partial charge in [0.1, 0.15) is 5.69 Å². The van der Waals surface area contributed by atoms with Crippen molar-refractivity contribution in [2.24, 2.45) is 0 Å². The topological polar surface area (TPSA) is 48.1 Å². The maximum Gasteiger partial charge on any atom is 0.294 e. The van der Waals surface area contributed by atoms with Crippen LogP contribution in [0.4, 0.5) is 5.69 Å². The summed E-state index contributed by atoms with van der Waals surface area (Å²) >= 11 is 0. The van der Waals surface area contributed by atoms with Crippen LogP contribution in [0, 0.1) is 10.1 Å². The Morgan fingerprint density at radius 3 is 2.40 bits per heavy atom. The van der Waals surface area contributed by atoms with Gasteiger partial charge in [-0.25, -0.2) is 0 Å². The number of aryl methyl sites for hydroxylation is 1. The average molecular weight is 272 g/mol. The minimum atomic E-state index is -0.302. The lowest BCUT2D eigenvalue weighted by Gasteiger charge is -2.24. The Hall–Kier alpha value is -2.10. The molecule has 0 aliphatic rings. The molecule has 4 heteroatoms. The molecular weight excluding hydrogens is 252 g/mol. The van der Waals surface area contributed by atoms with E-state index < -0.39 is 0 Å². The molecule has 4 nitrogen and oxygen atoms in total. The van der Waals surface area contributed by atoms with Crippen LogP contribution in [0.25, 0.3) is 11.3 Å². The summed E-state index contributed by atoms with van der Waals surface area (Å²) in [5.41, 5.74) is 2.73. The molecule has 1 aromatic carbocycles. The number of benzene rings is 1. The van der Waals surface area contributed by atoms with Gasteiger partial charge in [0.25, 0.3) is 5.69 Å². The highest BCUT2D eigenvalue weighted by Crippen LogP contribution is 2.36. The SMILES string of the molecule is CCc1ccccc1-c1c([N+](=O)[O-])ccn1C(C)(C)C. The van der Waals surface area contributed by atoms with E-state index in [4.69, 9.17) is 0 Å². The highest BCUT2D eigenvalue weighted by molar-refractivity contribution is 5.74. The van der Waals surface area contributed by atoms with Crippen LogP contribution in [-0.4, -0.2) is 9.49 Å². The summed E-state index contributed by atoms with van der Waals surface area (Å²) in [6, 6.07) is 9.48.